The van der Waals surface area contributed by atoms with E-state index in [0.717, 1.165) is 9.25 Å². The van der Waals surface area contributed by atoms with Crippen molar-refractivity contribution in [2.24, 2.45) is 0 Å². The van der Waals surface area contributed by atoms with Crippen LogP contribution >= 0.6 is 23.2 Å². The highest BCUT2D eigenvalue weighted by Gasteiger charge is 2.39. The van der Waals surface area contributed by atoms with Gasteiger partial charge < -0.3 is 10.4 Å². The lowest BCUT2D eigenvalue weighted by Gasteiger charge is -2.15. The summed E-state index contributed by atoms with van der Waals surface area (Å²) >= 11 is 12.3. The normalized spacial score (nSPS) is 16.5. The Balaban J connectivity index is 1.57. The first-order valence-corrected chi connectivity index (χ1v) is 12.5. The number of alkyl halides is 3. The third kappa shape index (κ3) is 5.56. The zero-order valence-corrected chi connectivity index (χ0v) is 21.5. The van der Waals surface area contributed by atoms with Crippen LogP contribution in [0, 0.1) is 0 Å². The van der Waals surface area contributed by atoms with E-state index in [1.807, 2.05) is 0 Å². The van der Waals surface area contributed by atoms with Crippen LogP contribution in [-0.4, -0.2) is 52.4 Å². The maximum absolute atomic E-state index is 13.2. The number of carbonyl (C=O) groups excluding carboxylic acids is 1. The molecule has 15 heteroatoms. The van der Waals surface area contributed by atoms with Crippen LogP contribution in [0.2, 0.25) is 10.0 Å². The predicted octanol–water partition coefficient (Wildman–Crippen LogP) is 3.52. The molecule has 1 aliphatic rings. The van der Waals surface area contributed by atoms with E-state index in [1.54, 1.807) is 24.3 Å². The molecule has 0 spiro atoms. The van der Waals surface area contributed by atoms with Gasteiger partial charge in [-0.15, -0.1) is 10.2 Å². The van der Waals surface area contributed by atoms with Gasteiger partial charge in [-0.25, -0.2) is 19.1 Å². The number of carbonyl (C=O) groups is 1. The first kappa shape index (κ1) is 26.9. The van der Waals surface area contributed by atoms with E-state index in [2.05, 4.69) is 20.5 Å². The van der Waals surface area contributed by atoms with E-state index >= 15 is 0 Å². The molecule has 2 atom stereocenters. The molecule has 3 heterocycles. The lowest BCUT2D eigenvalue weighted by atomic mass is 10.2. The van der Waals surface area contributed by atoms with Gasteiger partial charge in [0.2, 0.25) is 5.91 Å². The molecular weight excluding hydrogens is 562 g/mol. The third-order valence-electron chi connectivity index (χ3n) is 6.11. The fraction of sp³-hybridized carbons (Fsp3) is 0.292. The van der Waals surface area contributed by atoms with Crippen molar-refractivity contribution in [1.82, 2.24) is 34.4 Å². The average molecular weight is 582 g/mol. The van der Waals surface area contributed by atoms with Crippen LogP contribution in [0.3, 0.4) is 0 Å². The van der Waals surface area contributed by atoms with Crippen LogP contribution in [0.15, 0.2) is 53.3 Å². The van der Waals surface area contributed by atoms with Gasteiger partial charge in [0.15, 0.2) is 23.6 Å². The smallest absolute Gasteiger partial charge is 0.382 e. The van der Waals surface area contributed by atoms with Gasteiger partial charge in [0.25, 0.3) is 0 Å². The van der Waals surface area contributed by atoms with E-state index in [-0.39, 0.29) is 24.1 Å². The average Bonchev–Trinajstić information content (AvgIpc) is 3.58. The molecule has 0 saturated carbocycles. The number of benzene rings is 2. The second-order valence-corrected chi connectivity index (χ2v) is 9.69. The van der Waals surface area contributed by atoms with Crippen molar-refractivity contribution in [2.75, 3.05) is 0 Å². The summed E-state index contributed by atoms with van der Waals surface area (Å²) in [5.74, 6) is 0.230. The number of aliphatic hydroxyl groups is 1. The van der Waals surface area contributed by atoms with Gasteiger partial charge in [0.05, 0.1) is 23.3 Å². The standard InChI is InChI=1S/C24H20Cl2F3N7O3/c25-14-7-5-13(6-8-14)21-33-35(23(39)34(21)11-18(37)24(27,28)29)12-19-31-22(16-9-10-20(38)30-16)36(32-19)17-4-2-1-3-15(17)26/h1-8,16,18,37H,9-12H2,(H,30,38)/t16-,18?/m1/s1. The van der Waals surface area contributed by atoms with E-state index in [4.69, 9.17) is 23.2 Å². The molecule has 4 aromatic rings. The van der Waals surface area contributed by atoms with Crippen LogP contribution < -0.4 is 11.0 Å². The molecule has 2 aromatic heterocycles. The van der Waals surface area contributed by atoms with Gasteiger partial charge in [-0.2, -0.15) is 13.2 Å². The van der Waals surface area contributed by atoms with Gasteiger partial charge >= 0.3 is 11.9 Å². The Morgan fingerprint density at radius 2 is 1.79 bits per heavy atom. The van der Waals surface area contributed by atoms with Gasteiger partial charge in [-0.3, -0.25) is 9.36 Å². The molecule has 0 bridgehead atoms. The Bertz CT molecular complexity index is 1580. The predicted molar refractivity (Wildman–Crippen MR) is 135 cm³/mol. The second-order valence-electron chi connectivity index (χ2n) is 8.85. The summed E-state index contributed by atoms with van der Waals surface area (Å²) in [5, 5.41) is 22.0. The Morgan fingerprint density at radius 1 is 1.08 bits per heavy atom. The van der Waals surface area contributed by atoms with E-state index in [1.165, 1.54) is 28.9 Å². The Kier molecular flexibility index (Phi) is 7.23. The zero-order chi connectivity index (χ0) is 27.9. The number of hydrogen-bond donors (Lipinski definition) is 2. The minimum atomic E-state index is -4.95. The molecular formula is C24H20Cl2F3N7O3. The van der Waals surface area contributed by atoms with Crippen LogP contribution in [0.1, 0.15) is 30.5 Å². The lowest BCUT2D eigenvalue weighted by molar-refractivity contribution is -0.207. The number of aromatic nitrogens is 6. The summed E-state index contributed by atoms with van der Waals surface area (Å²) in [6.45, 7) is -1.37. The summed E-state index contributed by atoms with van der Waals surface area (Å²) in [4.78, 5) is 29.6. The molecule has 204 valence electrons. The highest BCUT2D eigenvalue weighted by Crippen LogP contribution is 2.28. The minimum absolute atomic E-state index is 0.103. The number of hydrogen-bond acceptors (Lipinski definition) is 6. The number of amides is 1. The molecule has 5 rings (SSSR count). The zero-order valence-electron chi connectivity index (χ0n) is 19.9. The number of aliphatic hydroxyl groups excluding tert-OH is 1. The van der Waals surface area contributed by atoms with Gasteiger partial charge in [-0.1, -0.05) is 35.3 Å². The molecule has 39 heavy (non-hydrogen) atoms. The van der Waals surface area contributed by atoms with Crippen LogP contribution in [0.25, 0.3) is 17.1 Å². The van der Waals surface area contributed by atoms with Crippen LogP contribution in [0.5, 0.6) is 0 Å². The molecule has 0 radical (unpaired) electrons. The van der Waals surface area contributed by atoms with Crippen molar-refractivity contribution < 1.29 is 23.1 Å². The molecule has 1 saturated heterocycles. The minimum Gasteiger partial charge on any atom is -0.382 e. The number of para-hydroxylation sites is 1. The van der Waals surface area contributed by atoms with Crippen molar-refractivity contribution >= 4 is 29.1 Å². The topological polar surface area (TPSA) is 120 Å². The summed E-state index contributed by atoms with van der Waals surface area (Å²) < 4.78 is 42.6. The Labute approximate surface area is 228 Å². The quantitative estimate of drug-likeness (QED) is 0.344. The molecule has 2 N–H and O–H groups in total. The molecule has 1 amide bonds. The second kappa shape index (κ2) is 10.5. The molecule has 1 fully saturated rings. The van der Waals surface area contributed by atoms with Crippen molar-refractivity contribution in [3.63, 3.8) is 0 Å². The number of nitrogens with one attached hydrogen (secondary N) is 1. The van der Waals surface area contributed by atoms with Crippen molar-refractivity contribution in [3.8, 4) is 17.1 Å². The van der Waals surface area contributed by atoms with Crippen molar-refractivity contribution in [2.45, 2.75) is 44.3 Å². The maximum atomic E-state index is 13.2. The highest BCUT2D eigenvalue weighted by molar-refractivity contribution is 6.32. The fourth-order valence-electron chi connectivity index (χ4n) is 4.20. The van der Waals surface area contributed by atoms with Gasteiger partial charge in [-0.05, 0) is 42.8 Å². The largest absolute Gasteiger partial charge is 0.416 e. The number of rotatable bonds is 7. The monoisotopic (exact) mass is 581 g/mol. The number of nitrogens with zero attached hydrogens (tertiary/aromatic N) is 6. The third-order valence-corrected chi connectivity index (χ3v) is 6.69. The summed E-state index contributed by atoms with van der Waals surface area (Å²) in [6, 6.07) is 12.4. The van der Waals surface area contributed by atoms with Gasteiger partial charge in [0, 0.05) is 17.0 Å². The lowest BCUT2D eigenvalue weighted by Crippen LogP contribution is -2.37. The Hall–Kier alpha value is -3.68. The first-order valence-electron chi connectivity index (χ1n) is 11.7. The molecule has 2 aromatic carbocycles. The SMILES string of the molecule is O=C1CC[C@H](c2nc(Cn3nc(-c4ccc(Cl)cc4)n(CC(O)C(F)(F)F)c3=O)nn2-c2ccccc2Cl)N1. The Morgan fingerprint density at radius 3 is 2.44 bits per heavy atom. The molecule has 1 aliphatic heterocycles. The fourth-order valence-corrected chi connectivity index (χ4v) is 4.54. The molecule has 1 unspecified atom stereocenters. The van der Waals surface area contributed by atoms with Gasteiger partial charge in [0.1, 0.15) is 6.54 Å². The van der Waals surface area contributed by atoms with E-state index in [0.29, 0.717) is 40.0 Å². The first-order chi connectivity index (χ1) is 18.5. The summed E-state index contributed by atoms with van der Waals surface area (Å²) in [7, 11) is 0. The van der Waals surface area contributed by atoms with E-state index in [9.17, 15) is 27.9 Å². The summed E-state index contributed by atoms with van der Waals surface area (Å²) in [5.41, 5.74) is -0.108. The van der Waals surface area contributed by atoms with Crippen LogP contribution in [-0.2, 0) is 17.9 Å². The summed E-state index contributed by atoms with van der Waals surface area (Å²) in [6.07, 6.45) is -6.99. The maximum Gasteiger partial charge on any atom is 0.416 e. The van der Waals surface area contributed by atoms with Crippen molar-refractivity contribution in [3.05, 3.63) is 80.7 Å². The van der Waals surface area contributed by atoms with E-state index < -0.39 is 30.6 Å². The molecule has 10 nitrogen and oxygen atoms in total. The molecule has 0 aliphatic carbocycles. The van der Waals surface area contributed by atoms with Crippen LogP contribution in [0.4, 0.5) is 13.2 Å². The highest BCUT2D eigenvalue weighted by atomic mass is 35.5. The number of halogens is 5. The van der Waals surface area contributed by atoms with Crippen molar-refractivity contribution in [1.29, 1.82) is 0 Å².